The highest BCUT2D eigenvalue weighted by atomic mass is 19.1. The summed E-state index contributed by atoms with van der Waals surface area (Å²) in [6.45, 7) is 1.86. The smallest absolute Gasteiger partial charge is 0.123 e. The Morgan fingerprint density at radius 2 is 2.38 bits per heavy atom. The van der Waals surface area contributed by atoms with E-state index in [1.807, 2.05) is 19.1 Å². The predicted molar refractivity (Wildman–Crippen MR) is 49.5 cm³/mol. The molecule has 0 fully saturated rings. The van der Waals surface area contributed by atoms with E-state index in [9.17, 15) is 4.39 Å². The van der Waals surface area contributed by atoms with Crippen LogP contribution in [0.15, 0.2) is 35.9 Å². The molecular formula is C11H10FN. The van der Waals surface area contributed by atoms with Crippen molar-refractivity contribution >= 4 is 0 Å². The third-order valence-corrected chi connectivity index (χ3v) is 1.68. The van der Waals surface area contributed by atoms with Crippen LogP contribution < -0.4 is 0 Å². The minimum absolute atomic E-state index is 0.234. The van der Waals surface area contributed by atoms with Gasteiger partial charge in [-0.1, -0.05) is 17.7 Å². The fourth-order valence-electron chi connectivity index (χ4n) is 1.13. The first-order valence-corrected chi connectivity index (χ1v) is 4.02. The van der Waals surface area contributed by atoms with Crippen molar-refractivity contribution in [2.24, 2.45) is 0 Å². The minimum atomic E-state index is -0.234. The standard InChI is InChI=1S/C11H10FN/c1-9(5-6-13)7-10-3-2-4-11(12)8-10/h2-5,8H,7H2,1H3/b9-5-. The van der Waals surface area contributed by atoms with Crippen LogP contribution in [0.1, 0.15) is 12.5 Å². The molecule has 1 aromatic rings. The van der Waals surface area contributed by atoms with Gasteiger partial charge in [0.25, 0.3) is 0 Å². The Hall–Kier alpha value is -1.62. The summed E-state index contributed by atoms with van der Waals surface area (Å²) in [7, 11) is 0. The first-order chi connectivity index (χ1) is 6.22. The third kappa shape index (κ3) is 3.08. The number of hydrogen-bond acceptors (Lipinski definition) is 1. The molecule has 0 aliphatic heterocycles. The maximum atomic E-state index is 12.7. The molecule has 0 atom stereocenters. The number of benzene rings is 1. The molecule has 2 heteroatoms. The zero-order valence-corrected chi connectivity index (χ0v) is 7.42. The summed E-state index contributed by atoms with van der Waals surface area (Å²) in [4.78, 5) is 0. The lowest BCUT2D eigenvalue weighted by Gasteiger charge is -1.99. The minimum Gasteiger partial charge on any atom is -0.207 e. The summed E-state index contributed by atoms with van der Waals surface area (Å²) >= 11 is 0. The Morgan fingerprint density at radius 1 is 1.62 bits per heavy atom. The fourth-order valence-corrected chi connectivity index (χ4v) is 1.13. The molecule has 0 amide bonds. The van der Waals surface area contributed by atoms with Crippen LogP contribution in [0, 0.1) is 17.1 Å². The summed E-state index contributed by atoms with van der Waals surface area (Å²) < 4.78 is 12.7. The van der Waals surface area contributed by atoms with Crippen molar-refractivity contribution < 1.29 is 4.39 Å². The van der Waals surface area contributed by atoms with Crippen LogP contribution in [0.5, 0.6) is 0 Å². The second-order valence-electron chi connectivity index (χ2n) is 2.93. The van der Waals surface area contributed by atoms with Crippen molar-refractivity contribution in [1.29, 1.82) is 5.26 Å². The van der Waals surface area contributed by atoms with Gasteiger partial charge in [0.1, 0.15) is 5.82 Å². The largest absolute Gasteiger partial charge is 0.207 e. The van der Waals surface area contributed by atoms with Gasteiger partial charge in [0, 0.05) is 6.08 Å². The summed E-state index contributed by atoms with van der Waals surface area (Å²) in [5, 5.41) is 8.37. The molecule has 0 saturated heterocycles. The molecule has 0 N–H and O–H groups in total. The molecule has 0 radical (unpaired) electrons. The van der Waals surface area contributed by atoms with Gasteiger partial charge >= 0.3 is 0 Å². The van der Waals surface area contributed by atoms with Crippen LogP contribution >= 0.6 is 0 Å². The molecule has 0 saturated carbocycles. The van der Waals surface area contributed by atoms with Gasteiger partial charge in [-0.3, -0.25) is 0 Å². The van der Waals surface area contributed by atoms with E-state index in [0.717, 1.165) is 11.1 Å². The van der Waals surface area contributed by atoms with E-state index in [-0.39, 0.29) is 5.82 Å². The van der Waals surface area contributed by atoms with Crippen LogP contribution in [0.25, 0.3) is 0 Å². The average Bonchev–Trinajstić information content (AvgIpc) is 2.04. The number of nitrogens with zero attached hydrogens (tertiary/aromatic N) is 1. The third-order valence-electron chi connectivity index (χ3n) is 1.68. The molecular weight excluding hydrogens is 165 g/mol. The van der Waals surface area contributed by atoms with Crippen molar-refractivity contribution in [1.82, 2.24) is 0 Å². The lowest BCUT2D eigenvalue weighted by Crippen LogP contribution is -1.87. The second kappa shape index (κ2) is 4.42. The molecule has 13 heavy (non-hydrogen) atoms. The Kier molecular flexibility index (Phi) is 3.22. The quantitative estimate of drug-likeness (QED) is 0.634. The van der Waals surface area contributed by atoms with Gasteiger partial charge < -0.3 is 0 Å². The first kappa shape index (κ1) is 9.47. The zero-order chi connectivity index (χ0) is 9.68. The monoisotopic (exact) mass is 175 g/mol. The molecule has 0 aliphatic carbocycles. The lowest BCUT2D eigenvalue weighted by molar-refractivity contribution is 0.626. The number of hydrogen-bond donors (Lipinski definition) is 0. The molecule has 1 nitrogen and oxygen atoms in total. The summed E-state index contributed by atoms with van der Waals surface area (Å²) in [6.07, 6.45) is 2.11. The van der Waals surface area contributed by atoms with Gasteiger partial charge in [-0.15, -0.1) is 0 Å². The van der Waals surface area contributed by atoms with Crippen molar-refractivity contribution in [3.8, 4) is 6.07 Å². The van der Waals surface area contributed by atoms with Crippen molar-refractivity contribution in [2.75, 3.05) is 0 Å². The SMILES string of the molecule is C/C(=C/C#N)Cc1cccc(F)c1. The highest BCUT2D eigenvalue weighted by Gasteiger charge is 1.95. The molecule has 0 aromatic heterocycles. The lowest BCUT2D eigenvalue weighted by atomic mass is 10.1. The summed E-state index contributed by atoms with van der Waals surface area (Å²) in [5.41, 5.74) is 1.83. The first-order valence-electron chi connectivity index (χ1n) is 4.02. The number of nitriles is 1. The number of rotatable bonds is 2. The van der Waals surface area contributed by atoms with Crippen LogP contribution in [0.2, 0.25) is 0 Å². The predicted octanol–water partition coefficient (Wildman–Crippen LogP) is 2.84. The fraction of sp³-hybridized carbons (Fsp3) is 0.182. The van der Waals surface area contributed by atoms with Gasteiger partial charge in [-0.2, -0.15) is 5.26 Å². The van der Waals surface area contributed by atoms with Crippen LogP contribution in [-0.2, 0) is 6.42 Å². The van der Waals surface area contributed by atoms with Crippen molar-refractivity contribution in [2.45, 2.75) is 13.3 Å². The van der Waals surface area contributed by atoms with Gasteiger partial charge in [0.05, 0.1) is 6.07 Å². The number of halogens is 1. The van der Waals surface area contributed by atoms with E-state index < -0.39 is 0 Å². The Morgan fingerprint density at radius 3 is 3.00 bits per heavy atom. The van der Waals surface area contributed by atoms with E-state index in [1.54, 1.807) is 6.07 Å². The van der Waals surface area contributed by atoms with Crippen molar-refractivity contribution in [3.05, 3.63) is 47.3 Å². The highest BCUT2D eigenvalue weighted by molar-refractivity contribution is 5.24. The van der Waals surface area contributed by atoms with Crippen LogP contribution in [0.3, 0.4) is 0 Å². The van der Waals surface area contributed by atoms with Crippen LogP contribution in [0.4, 0.5) is 4.39 Å². The van der Waals surface area contributed by atoms with Crippen molar-refractivity contribution in [3.63, 3.8) is 0 Å². The maximum Gasteiger partial charge on any atom is 0.123 e. The number of allylic oxidation sites excluding steroid dienone is 2. The van der Waals surface area contributed by atoms with E-state index in [2.05, 4.69) is 0 Å². The maximum absolute atomic E-state index is 12.7. The van der Waals surface area contributed by atoms with Gasteiger partial charge in [-0.25, -0.2) is 4.39 Å². The summed E-state index contributed by atoms with van der Waals surface area (Å²) in [6, 6.07) is 8.35. The van der Waals surface area contributed by atoms with Gasteiger partial charge in [-0.05, 0) is 31.0 Å². The summed E-state index contributed by atoms with van der Waals surface area (Å²) in [5.74, 6) is -0.234. The molecule has 0 unspecified atom stereocenters. The molecule has 0 aliphatic rings. The Balaban J connectivity index is 2.76. The Bertz CT molecular complexity index is 361. The second-order valence-corrected chi connectivity index (χ2v) is 2.93. The Labute approximate surface area is 77.1 Å². The molecule has 0 bridgehead atoms. The van der Waals surface area contributed by atoms with E-state index in [4.69, 9.17) is 5.26 Å². The highest BCUT2D eigenvalue weighted by Crippen LogP contribution is 2.08. The van der Waals surface area contributed by atoms with Gasteiger partial charge in [0.15, 0.2) is 0 Å². The van der Waals surface area contributed by atoms with E-state index >= 15 is 0 Å². The van der Waals surface area contributed by atoms with E-state index in [0.29, 0.717) is 6.42 Å². The zero-order valence-electron chi connectivity index (χ0n) is 7.42. The molecule has 66 valence electrons. The molecule has 1 rings (SSSR count). The molecule has 0 spiro atoms. The van der Waals surface area contributed by atoms with Crippen LogP contribution in [-0.4, -0.2) is 0 Å². The average molecular weight is 175 g/mol. The molecule has 0 heterocycles. The van der Waals surface area contributed by atoms with Gasteiger partial charge in [0.2, 0.25) is 0 Å². The molecule has 1 aromatic carbocycles. The van der Waals surface area contributed by atoms with E-state index in [1.165, 1.54) is 18.2 Å². The topological polar surface area (TPSA) is 23.8 Å². The normalized spacial score (nSPS) is 11.0.